The van der Waals surface area contributed by atoms with Crippen molar-refractivity contribution in [2.75, 3.05) is 19.8 Å². The molecule has 4 saturated carbocycles. The molecular formula is C36H60O9. The lowest BCUT2D eigenvalue weighted by Gasteiger charge is -2.72. The maximum absolute atomic E-state index is 11.9. The van der Waals surface area contributed by atoms with Gasteiger partial charge in [-0.05, 0) is 97.2 Å². The van der Waals surface area contributed by atoms with Crippen molar-refractivity contribution < 1.29 is 45.2 Å². The minimum Gasteiger partial charge on any atom is -0.396 e. The number of allylic oxidation sites excluding steroid dienone is 2. The number of rotatable bonds is 5. The van der Waals surface area contributed by atoms with Gasteiger partial charge in [0.15, 0.2) is 6.29 Å². The molecule has 1 aliphatic heterocycles. The summed E-state index contributed by atoms with van der Waals surface area (Å²) in [6.45, 7) is 13.3. The van der Waals surface area contributed by atoms with Crippen molar-refractivity contribution in [1.82, 2.24) is 0 Å². The smallest absolute Gasteiger partial charge is 0.186 e. The molecule has 0 spiro atoms. The van der Waals surface area contributed by atoms with Crippen LogP contribution in [0.5, 0.6) is 0 Å². The fraction of sp³-hybridized carbons (Fsp3) is 0.944. The number of ether oxygens (including phenoxy) is 2. The van der Waals surface area contributed by atoms with Gasteiger partial charge in [-0.2, -0.15) is 0 Å². The van der Waals surface area contributed by atoms with Crippen LogP contribution in [0.15, 0.2) is 11.6 Å². The second-order valence-corrected chi connectivity index (χ2v) is 17.9. The Balaban J connectivity index is 1.32. The van der Waals surface area contributed by atoms with Gasteiger partial charge in [0.1, 0.15) is 24.4 Å². The molecule has 0 amide bonds. The normalized spacial score (nSPS) is 55.9. The third-order valence-corrected chi connectivity index (χ3v) is 15.4. The number of aliphatic hydroxyl groups is 7. The van der Waals surface area contributed by atoms with Crippen molar-refractivity contribution in [2.24, 2.45) is 50.2 Å². The Morgan fingerprint density at radius 3 is 2.16 bits per heavy atom. The second kappa shape index (κ2) is 11.2. The van der Waals surface area contributed by atoms with Crippen LogP contribution in [0.3, 0.4) is 0 Å². The van der Waals surface area contributed by atoms with Crippen LogP contribution in [-0.4, -0.2) is 98.5 Å². The first kappa shape index (κ1) is 34.3. The standard InChI is InChI=1S/C36H60O9/c1-31(2)13-14-36(19-39)21(15-31)20-7-8-24-32(3)11-10-26(45-30-29(43)28(42)27(41)22(17-37)44-30)33(4,18-38)23(32)9-12-34(24,5)35(20,6)16-25(36)40/h7,21-30,37-43H,8-19H2,1-6H3/t21-,22-,23+,24-,25+,26+,27+,28+,29-,30+,32+,33+,34-,35-,36-/m1/s1. The largest absolute Gasteiger partial charge is 0.396 e. The van der Waals surface area contributed by atoms with Crippen LogP contribution >= 0.6 is 0 Å². The van der Waals surface area contributed by atoms with Crippen LogP contribution in [-0.2, 0) is 9.47 Å². The van der Waals surface area contributed by atoms with Crippen LogP contribution in [0.25, 0.3) is 0 Å². The lowest BCUT2D eigenvalue weighted by molar-refractivity contribution is -0.333. The Morgan fingerprint density at radius 2 is 1.51 bits per heavy atom. The van der Waals surface area contributed by atoms with E-state index in [4.69, 9.17) is 9.47 Å². The summed E-state index contributed by atoms with van der Waals surface area (Å²) in [7, 11) is 0. The van der Waals surface area contributed by atoms with Crippen LogP contribution < -0.4 is 0 Å². The lowest BCUT2D eigenvalue weighted by atomic mass is 9.33. The number of fused-ring (bicyclic) bond motifs is 7. The maximum atomic E-state index is 11.9. The highest BCUT2D eigenvalue weighted by molar-refractivity contribution is 5.35. The van der Waals surface area contributed by atoms with Gasteiger partial charge in [-0.15, -0.1) is 0 Å². The Bertz CT molecular complexity index is 1160. The van der Waals surface area contributed by atoms with Crippen molar-refractivity contribution in [3.63, 3.8) is 0 Å². The summed E-state index contributed by atoms with van der Waals surface area (Å²) in [5, 5.41) is 74.8. The number of aliphatic hydroxyl groups excluding tert-OH is 7. The van der Waals surface area contributed by atoms with Gasteiger partial charge in [-0.1, -0.05) is 53.2 Å². The van der Waals surface area contributed by atoms with Gasteiger partial charge in [-0.25, -0.2) is 0 Å². The van der Waals surface area contributed by atoms with Crippen LogP contribution in [0.1, 0.15) is 99.3 Å². The molecule has 45 heavy (non-hydrogen) atoms. The van der Waals surface area contributed by atoms with Gasteiger partial charge < -0.3 is 45.2 Å². The van der Waals surface area contributed by atoms with Gasteiger partial charge in [-0.3, -0.25) is 0 Å². The molecule has 9 heteroatoms. The summed E-state index contributed by atoms with van der Waals surface area (Å²) in [5.74, 6) is 0.601. The molecule has 0 aromatic rings. The van der Waals surface area contributed by atoms with Crippen molar-refractivity contribution in [1.29, 1.82) is 0 Å². The molecule has 0 bridgehead atoms. The molecule has 0 unspecified atom stereocenters. The van der Waals surface area contributed by atoms with Gasteiger partial charge in [0, 0.05) is 10.8 Å². The highest BCUT2D eigenvalue weighted by atomic mass is 16.7. The third-order valence-electron chi connectivity index (χ3n) is 15.4. The van der Waals surface area contributed by atoms with E-state index in [-0.39, 0.29) is 46.7 Å². The monoisotopic (exact) mass is 636 g/mol. The molecule has 0 aromatic heterocycles. The van der Waals surface area contributed by atoms with E-state index < -0.39 is 60.4 Å². The topological polar surface area (TPSA) is 160 Å². The van der Waals surface area contributed by atoms with E-state index >= 15 is 0 Å². The average Bonchev–Trinajstić information content (AvgIpc) is 2.99. The molecule has 258 valence electrons. The highest BCUT2D eigenvalue weighted by Gasteiger charge is 2.70. The molecule has 0 aromatic carbocycles. The predicted octanol–water partition coefficient (Wildman–Crippen LogP) is 2.91. The van der Waals surface area contributed by atoms with Crippen LogP contribution in [0.2, 0.25) is 0 Å². The summed E-state index contributed by atoms with van der Waals surface area (Å²) < 4.78 is 12.1. The molecule has 6 aliphatic rings. The zero-order chi connectivity index (χ0) is 33.0. The molecule has 9 nitrogen and oxygen atoms in total. The third kappa shape index (κ3) is 4.65. The van der Waals surface area contributed by atoms with E-state index in [1.165, 1.54) is 5.57 Å². The van der Waals surface area contributed by atoms with E-state index in [1.807, 2.05) is 0 Å². The van der Waals surface area contributed by atoms with E-state index in [0.29, 0.717) is 18.8 Å². The predicted molar refractivity (Wildman–Crippen MR) is 168 cm³/mol. The van der Waals surface area contributed by atoms with Crippen molar-refractivity contribution >= 4 is 0 Å². The molecule has 7 N–H and O–H groups in total. The molecule has 1 saturated heterocycles. The van der Waals surface area contributed by atoms with E-state index in [2.05, 4.69) is 47.6 Å². The van der Waals surface area contributed by atoms with Crippen LogP contribution in [0.4, 0.5) is 0 Å². The summed E-state index contributed by atoms with van der Waals surface area (Å²) in [6, 6.07) is 0. The molecule has 0 radical (unpaired) electrons. The first-order chi connectivity index (χ1) is 21.0. The summed E-state index contributed by atoms with van der Waals surface area (Å²) in [6.07, 6.45) is 2.50. The van der Waals surface area contributed by atoms with E-state index in [9.17, 15) is 35.7 Å². The fourth-order valence-electron chi connectivity index (χ4n) is 12.3. The zero-order valence-electron chi connectivity index (χ0n) is 28.3. The van der Waals surface area contributed by atoms with Crippen LogP contribution in [0, 0.1) is 50.2 Å². The van der Waals surface area contributed by atoms with Crippen molar-refractivity contribution in [3.8, 4) is 0 Å². The van der Waals surface area contributed by atoms with Crippen molar-refractivity contribution in [3.05, 3.63) is 11.6 Å². The average molecular weight is 637 g/mol. The summed E-state index contributed by atoms with van der Waals surface area (Å²) >= 11 is 0. The highest BCUT2D eigenvalue weighted by Crippen LogP contribution is 2.75. The molecule has 1 heterocycles. The van der Waals surface area contributed by atoms with E-state index in [1.54, 1.807) is 0 Å². The quantitative estimate of drug-likeness (QED) is 0.178. The lowest BCUT2D eigenvalue weighted by Crippen LogP contribution is -2.68. The SMILES string of the molecule is CC1(C)CC[C@@]2(CO)[C@H](C1)C1=CC[C@@H]3[C@@]4(C)CC[C@H](O[C@@H]5O[C@H](CO)[C@H](O)[C@H](O)[C@H]5O)[C@@](C)(CO)[C@H]4CC[C@@]3(C)[C@]1(C)C[C@@H]2O. The molecule has 5 fully saturated rings. The maximum Gasteiger partial charge on any atom is 0.186 e. The molecule has 5 aliphatic carbocycles. The summed E-state index contributed by atoms with van der Waals surface area (Å²) in [4.78, 5) is 0. The Hall–Kier alpha value is -0.620. The molecule has 6 rings (SSSR count). The zero-order valence-corrected chi connectivity index (χ0v) is 28.3. The van der Waals surface area contributed by atoms with Gasteiger partial charge in [0.05, 0.1) is 32.0 Å². The summed E-state index contributed by atoms with van der Waals surface area (Å²) in [5.41, 5.74) is 0.0933. The van der Waals surface area contributed by atoms with E-state index in [0.717, 1.165) is 44.9 Å². The van der Waals surface area contributed by atoms with Gasteiger partial charge >= 0.3 is 0 Å². The Labute approximate surface area is 269 Å². The Morgan fingerprint density at radius 1 is 0.800 bits per heavy atom. The minimum atomic E-state index is -1.51. The number of hydrogen-bond acceptors (Lipinski definition) is 9. The molecule has 15 atom stereocenters. The Kier molecular flexibility index (Phi) is 8.53. The fourth-order valence-corrected chi connectivity index (χ4v) is 12.3. The first-order valence-electron chi connectivity index (χ1n) is 17.5. The van der Waals surface area contributed by atoms with Gasteiger partial charge in [0.25, 0.3) is 0 Å². The second-order valence-electron chi connectivity index (χ2n) is 17.9. The van der Waals surface area contributed by atoms with Crippen molar-refractivity contribution in [2.45, 2.75) is 142 Å². The number of hydrogen-bond donors (Lipinski definition) is 7. The minimum absolute atomic E-state index is 0.0208. The van der Waals surface area contributed by atoms with Gasteiger partial charge in [0.2, 0.25) is 0 Å². The molecular weight excluding hydrogens is 576 g/mol. The first-order valence-corrected chi connectivity index (χ1v) is 17.5.